The SMILES string of the molecule is COc1cccc([C@@H]2C3=C(CC(C)(C)CC3=O)Nc3[nH][nH]c(=O)c32)c1OC. The number of para-hydroxylation sites is 1. The largest absolute Gasteiger partial charge is 0.493 e. The molecule has 0 saturated heterocycles. The molecular formula is C20H23N3O4. The molecule has 7 nitrogen and oxygen atoms in total. The summed E-state index contributed by atoms with van der Waals surface area (Å²) in [5.41, 5.74) is 2.34. The van der Waals surface area contributed by atoms with Gasteiger partial charge in [-0.15, -0.1) is 0 Å². The number of Topliss-reactive ketones (excluding diaryl/α,β-unsaturated/α-hetero) is 1. The number of carbonyl (C=O) groups is 1. The van der Waals surface area contributed by atoms with Crippen LogP contribution in [0.4, 0.5) is 5.82 Å². The normalized spacial score (nSPS) is 20.6. The van der Waals surface area contributed by atoms with Gasteiger partial charge in [-0.05, 0) is 17.9 Å². The molecule has 1 aromatic carbocycles. The number of aromatic amines is 2. The van der Waals surface area contributed by atoms with Crippen LogP contribution in [-0.2, 0) is 4.79 Å². The van der Waals surface area contributed by atoms with Crippen LogP contribution in [0.25, 0.3) is 0 Å². The van der Waals surface area contributed by atoms with E-state index in [-0.39, 0.29) is 16.8 Å². The minimum absolute atomic E-state index is 0.0508. The summed E-state index contributed by atoms with van der Waals surface area (Å²) >= 11 is 0. The molecule has 2 aromatic rings. The fourth-order valence-electron chi connectivity index (χ4n) is 4.27. The number of H-pyrrole nitrogens is 2. The number of hydrogen-bond donors (Lipinski definition) is 3. The van der Waals surface area contributed by atoms with E-state index < -0.39 is 5.92 Å². The monoisotopic (exact) mass is 369 g/mol. The van der Waals surface area contributed by atoms with Crippen LogP contribution in [0.1, 0.15) is 43.7 Å². The van der Waals surface area contributed by atoms with E-state index in [0.717, 1.165) is 17.7 Å². The Bertz CT molecular complexity index is 1010. The molecule has 4 rings (SSSR count). The van der Waals surface area contributed by atoms with E-state index in [1.165, 1.54) is 0 Å². The van der Waals surface area contributed by atoms with Crippen LogP contribution in [0.2, 0.25) is 0 Å². The maximum atomic E-state index is 13.1. The first kappa shape index (κ1) is 17.5. The Morgan fingerprint density at radius 2 is 1.85 bits per heavy atom. The Labute approximate surface area is 156 Å². The fourth-order valence-corrected chi connectivity index (χ4v) is 4.27. The van der Waals surface area contributed by atoms with Gasteiger partial charge in [0.2, 0.25) is 0 Å². The summed E-state index contributed by atoms with van der Waals surface area (Å²) < 4.78 is 11.0. The van der Waals surface area contributed by atoms with E-state index in [9.17, 15) is 9.59 Å². The molecule has 2 aliphatic rings. The summed E-state index contributed by atoms with van der Waals surface area (Å²) in [6, 6.07) is 5.52. The van der Waals surface area contributed by atoms with E-state index in [2.05, 4.69) is 29.4 Å². The van der Waals surface area contributed by atoms with Crippen molar-refractivity contribution in [1.29, 1.82) is 0 Å². The topological polar surface area (TPSA) is 96.2 Å². The minimum atomic E-state index is -0.514. The zero-order valence-electron chi connectivity index (χ0n) is 15.9. The lowest BCUT2D eigenvalue weighted by Gasteiger charge is -2.38. The van der Waals surface area contributed by atoms with Crippen molar-refractivity contribution in [3.05, 3.63) is 50.9 Å². The first-order valence-corrected chi connectivity index (χ1v) is 8.91. The maximum absolute atomic E-state index is 13.1. The van der Waals surface area contributed by atoms with Gasteiger partial charge in [-0.25, -0.2) is 0 Å². The Hall–Kier alpha value is -2.96. The van der Waals surface area contributed by atoms with Gasteiger partial charge in [-0.1, -0.05) is 26.0 Å². The number of anilines is 1. The summed E-state index contributed by atoms with van der Waals surface area (Å²) in [7, 11) is 3.13. The molecule has 1 aromatic heterocycles. The molecule has 7 heteroatoms. The molecule has 27 heavy (non-hydrogen) atoms. The van der Waals surface area contributed by atoms with E-state index in [1.54, 1.807) is 20.3 Å². The molecule has 0 spiro atoms. The van der Waals surface area contributed by atoms with Crippen molar-refractivity contribution in [3.8, 4) is 11.5 Å². The number of aromatic nitrogens is 2. The van der Waals surface area contributed by atoms with Crippen LogP contribution >= 0.6 is 0 Å². The summed E-state index contributed by atoms with van der Waals surface area (Å²) in [5.74, 6) is 1.23. The maximum Gasteiger partial charge on any atom is 0.270 e. The molecule has 0 bridgehead atoms. The molecule has 2 heterocycles. The zero-order valence-corrected chi connectivity index (χ0v) is 15.9. The number of benzene rings is 1. The van der Waals surface area contributed by atoms with Gasteiger partial charge in [0.05, 0.1) is 25.7 Å². The van der Waals surface area contributed by atoms with Gasteiger partial charge >= 0.3 is 0 Å². The molecule has 142 valence electrons. The van der Waals surface area contributed by atoms with Crippen molar-refractivity contribution < 1.29 is 14.3 Å². The summed E-state index contributed by atoms with van der Waals surface area (Å²) in [5, 5.41) is 8.81. The van der Waals surface area contributed by atoms with Gasteiger partial charge in [-0.3, -0.25) is 19.8 Å². The Balaban J connectivity index is 2.00. The molecular weight excluding hydrogens is 346 g/mol. The third-order valence-electron chi connectivity index (χ3n) is 5.33. The quantitative estimate of drug-likeness (QED) is 0.773. The van der Waals surface area contributed by atoms with Gasteiger partial charge in [0, 0.05) is 23.3 Å². The van der Waals surface area contributed by atoms with Crippen molar-refractivity contribution >= 4 is 11.6 Å². The predicted molar refractivity (Wildman–Crippen MR) is 101 cm³/mol. The number of rotatable bonds is 3. The number of carbonyl (C=O) groups excluding carboxylic acids is 1. The van der Waals surface area contributed by atoms with E-state index in [0.29, 0.717) is 34.9 Å². The lowest BCUT2D eigenvalue weighted by molar-refractivity contribution is -0.118. The van der Waals surface area contributed by atoms with Gasteiger partial charge in [0.25, 0.3) is 5.56 Å². The fraction of sp³-hybridized carbons (Fsp3) is 0.400. The van der Waals surface area contributed by atoms with Crippen LogP contribution in [-0.4, -0.2) is 30.2 Å². The van der Waals surface area contributed by atoms with Crippen LogP contribution < -0.4 is 20.3 Å². The third kappa shape index (κ3) is 2.65. The molecule has 1 aliphatic heterocycles. The van der Waals surface area contributed by atoms with E-state index >= 15 is 0 Å². The summed E-state index contributed by atoms with van der Waals surface area (Å²) in [4.78, 5) is 25.7. The standard InChI is InChI=1S/C20H23N3O4/c1-20(2)8-11-15(12(24)9-20)14(16-18(21-11)22-23-19(16)25)10-6-5-7-13(26-3)17(10)27-4/h5-7,14H,8-9H2,1-4H3,(H3,21,22,23,25)/t14-/m1/s1. The molecule has 1 atom stereocenters. The average Bonchev–Trinajstić information content (AvgIpc) is 2.98. The Morgan fingerprint density at radius 1 is 1.07 bits per heavy atom. The number of ketones is 1. The van der Waals surface area contributed by atoms with Crippen LogP contribution in [0.5, 0.6) is 11.5 Å². The van der Waals surface area contributed by atoms with Crippen molar-refractivity contribution in [2.45, 2.75) is 32.6 Å². The predicted octanol–water partition coefficient (Wildman–Crippen LogP) is 2.92. The number of ether oxygens (including phenoxy) is 2. The molecule has 1 aliphatic carbocycles. The summed E-state index contributed by atoms with van der Waals surface area (Å²) in [6.07, 6.45) is 1.16. The highest BCUT2D eigenvalue weighted by molar-refractivity contribution is 6.01. The smallest absolute Gasteiger partial charge is 0.270 e. The van der Waals surface area contributed by atoms with Crippen LogP contribution in [0, 0.1) is 5.41 Å². The second kappa shape index (κ2) is 6.04. The van der Waals surface area contributed by atoms with Gasteiger partial charge in [0.1, 0.15) is 5.82 Å². The Kier molecular flexibility index (Phi) is 3.91. The van der Waals surface area contributed by atoms with Crippen molar-refractivity contribution in [1.82, 2.24) is 10.2 Å². The van der Waals surface area contributed by atoms with Crippen LogP contribution in [0.3, 0.4) is 0 Å². The second-order valence-corrected chi connectivity index (χ2v) is 7.84. The number of allylic oxidation sites excluding steroid dienone is 2. The molecule has 0 radical (unpaired) electrons. The molecule has 0 fully saturated rings. The molecule has 0 unspecified atom stereocenters. The highest BCUT2D eigenvalue weighted by Crippen LogP contribution is 2.50. The highest BCUT2D eigenvalue weighted by Gasteiger charge is 2.43. The second-order valence-electron chi connectivity index (χ2n) is 7.84. The van der Waals surface area contributed by atoms with Crippen molar-refractivity contribution in [3.63, 3.8) is 0 Å². The zero-order chi connectivity index (χ0) is 19.3. The third-order valence-corrected chi connectivity index (χ3v) is 5.33. The number of methoxy groups -OCH3 is 2. The van der Waals surface area contributed by atoms with Gasteiger partial charge in [-0.2, -0.15) is 0 Å². The molecule has 0 amide bonds. The number of nitrogens with one attached hydrogen (secondary N) is 3. The Morgan fingerprint density at radius 3 is 2.56 bits per heavy atom. The molecule has 0 saturated carbocycles. The van der Waals surface area contributed by atoms with Crippen molar-refractivity contribution in [2.24, 2.45) is 5.41 Å². The van der Waals surface area contributed by atoms with Crippen LogP contribution in [0.15, 0.2) is 34.3 Å². The lowest BCUT2D eigenvalue weighted by Crippen LogP contribution is -2.35. The first-order valence-electron chi connectivity index (χ1n) is 8.91. The number of hydrogen-bond acceptors (Lipinski definition) is 5. The van der Waals surface area contributed by atoms with E-state index in [1.807, 2.05) is 12.1 Å². The highest BCUT2D eigenvalue weighted by atomic mass is 16.5. The number of fused-ring (bicyclic) bond motifs is 1. The summed E-state index contributed by atoms with van der Waals surface area (Å²) in [6.45, 7) is 4.15. The average molecular weight is 369 g/mol. The van der Waals surface area contributed by atoms with Gasteiger partial charge < -0.3 is 14.8 Å². The minimum Gasteiger partial charge on any atom is -0.493 e. The van der Waals surface area contributed by atoms with Gasteiger partial charge in [0.15, 0.2) is 17.3 Å². The molecule has 3 N–H and O–H groups in total. The van der Waals surface area contributed by atoms with E-state index in [4.69, 9.17) is 9.47 Å². The lowest BCUT2D eigenvalue weighted by atomic mass is 9.69. The first-order chi connectivity index (χ1) is 12.9. The van der Waals surface area contributed by atoms with Crippen molar-refractivity contribution in [2.75, 3.05) is 19.5 Å².